The van der Waals surface area contributed by atoms with Crippen molar-refractivity contribution < 1.29 is 17.2 Å². The molecule has 2 aromatic carbocycles. The van der Waals surface area contributed by atoms with Gasteiger partial charge in [0.05, 0.1) is 16.3 Å². The summed E-state index contributed by atoms with van der Waals surface area (Å²) in [5.74, 6) is -1.73. The SMILES string of the molecule is O=S(=O)(c1cc(F)ccc1F)N1CCCC1c1nc2ccccc2s1. The Labute approximate surface area is 147 Å². The predicted octanol–water partition coefficient (Wildman–Crippen LogP) is 4.10. The Balaban J connectivity index is 1.77. The molecule has 4 rings (SSSR count). The van der Waals surface area contributed by atoms with Crippen LogP contribution in [0.4, 0.5) is 8.78 Å². The molecule has 1 fully saturated rings. The Morgan fingerprint density at radius 2 is 1.96 bits per heavy atom. The van der Waals surface area contributed by atoms with Gasteiger partial charge in [-0.05, 0) is 43.2 Å². The molecule has 8 heteroatoms. The predicted molar refractivity (Wildman–Crippen MR) is 91.8 cm³/mol. The summed E-state index contributed by atoms with van der Waals surface area (Å²) in [5, 5.41) is 0.680. The van der Waals surface area contributed by atoms with Gasteiger partial charge in [0.15, 0.2) is 0 Å². The highest BCUT2D eigenvalue weighted by Gasteiger charge is 2.39. The molecule has 2 heterocycles. The highest BCUT2D eigenvalue weighted by atomic mass is 32.2. The highest BCUT2D eigenvalue weighted by Crippen LogP contribution is 2.40. The van der Waals surface area contributed by atoms with Crippen LogP contribution < -0.4 is 0 Å². The summed E-state index contributed by atoms with van der Waals surface area (Å²) in [6.07, 6.45) is 1.26. The Morgan fingerprint density at radius 3 is 2.76 bits per heavy atom. The monoisotopic (exact) mass is 380 g/mol. The average Bonchev–Trinajstić information content (AvgIpc) is 3.23. The lowest BCUT2D eigenvalue weighted by Gasteiger charge is -2.22. The number of aromatic nitrogens is 1. The molecule has 0 aliphatic carbocycles. The summed E-state index contributed by atoms with van der Waals surface area (Å²) in [7, 11) is -4.14. The molecule has 0 amide bonds. The van der Waals surface area contributed by atoms with E-state index in [1.165, 1.54) is 15.6 Å². The first-order chi connectivity index (χ1) is 12.0. The number of halogens is 2. The van der Waals surface area contributed by atoms with Crippen LogP contribution in [0.5, 0.6) is 0 Å². The number of nitrogens with zero attached hydrogens (tertiary/aromatic N) is 2. The highest BCUT2D eigenvalue weighted by molar-refractivity contribution is 7.89. The fourth-order valence-corrected chi connectivity index (χ4v) is 6.03. The van der Waals surface area contributed by atoms with Crippen molar-refractivity contribution in [3.05, 3.63) is 59.1 Å². The van der Waals surface area contributed by atoms with Crippen molar-refractivity contribution in [1.82, 2.24) is 9.29 Å². The van der Waals surface area contributed by atoms with Crippen LogP contribution >= 0.6 is 11.3 Å². The molecule has 0 N–H and O–H groups in total. The number of thiazole rings is 1. The van der Waals surface area contributed by atoms with Gasteiger partial charge in [-0.3, -0.25) is 0 Å². The van der Waals surface area contributed by atoms with Crippen LogP contribution in [-0.2, 0) is 10.0 Å². The summed E-state index contributed by atoms with van der Waals surface area (Å²) < 4.78 is 55.5. The van der Waals surface area contributed by atoms with Crippen molar-refractivity contribution in [3.8, 4) is 0 Å². The topological polar surface area (TPSA) is 50.3 Å². The zero-order chi connectivity index (χ0) is 17.6. The smallest absolute Gasteiger partial charge is 0.239 e. The second-order valence-corrected chi connectivity index (χ2v) is 8.79. The Morgan fingerprint density at radius 1 is 1.16 bits per heavy atom. The maximum Gasteiger partial charge on any atom is 0.246 e. The summed E-state index contributed by atoms with van der Waals surface area (Å²) in [6, 6.07) is 9.59. The quantitative estimate of drug-likeness (QED) is 0.687. The number of fused-ring (bicyclic) bond motifs is 1. The maximum atomic E-state index is 14.0. The fourth-order valence-electron chi connectivity index (χ4n) is 3.11. The first kappa shape index (κ1) is 16.6. The van der Waals surface area contributed by atoms with Gasteiger partial charge in [-0.25, -0.2) is 22.2 Å². The molecule has 0 spiro atoms. The molecule has 130 valence electrons. The van der Waals surface area contributed by atoms with Crippen molar-refractivity contribution in [1.29, 1.82) is 0 Å². The molecule has 1 aromatic heterocycles. The van der Waals surface area contributed by atoms with Crippen molar-refractivity contribution >= 4 is 31.6 Å². The van der Waals surface area contributed by atoms with E-state index in [1.807, 2.05) is 24.3 Å². The molecular formula is C17H14F2N2O2S2. The van der Waals surface area contributed by atoms with Gasteiger partial charge < -0.3 is 0 Å². The van der Waals surface area contributed by atoms with E-state index in [0.717, 1.165) is 28.4 Å². The van der Waals surface area contributed by atoms with E-state index in [-0.39, 0.29) is 6.54 Å². The molecule has 0 bridgehead atoms. The standard InChI is InChI=1S/C17H14F2N2O2S2/c18-11-7-8-12(19)16(10-11)25(22,23)21-9-3-5-14(21)17-20-13-4-1-2-6-15(13)24-17/h1-2,4,6-8,10,14H,3,5,9H2. The minimum Gasteiger partial charge on any atom is -0.239 e. The van der Waals surface area contributed by atoms with Gasteiger partial charge in [-0.2, -0.15) is 4.31 Å². The van der Waals surface area contributed by atoms with Crippen LogP contribution in [-0.4, -0.2) is 24.3 Å². The summed E-state index contributed by atoms with van der Waals surface area (Å²) >= 11 is 1.43. The lowest BCUT2D eigenvalue weighted by Crippen LogP contribution is -2.31. The zero-order valence-corrected chi connectivity index (χ0v) is 14.7. The van der Waals surface area contributed by atoms with Crippen LogP contribution in [0.2, 0.25) is 0 Å². The molecule has 1 unspecified atom stereocenters. The van der Waals surface area contributed by atoms with E-state index in [9.17, 15) is 17.2 Å². The van der Waals surface area contributed by atoms with Gasteiger partial charge in [0, 0.05) is 6.54 Å². The second-order valence-electron chi connectivity index (χ2n) is 5.87. The minimum absolute atomic E-state index is 0.263. The van der Waals surface area contributed by atoms with Crippen molar-refractivity contribution in [2.45, 2.75) is 23.8 Å². The molecule has 0 radical (unpaired) electrons. The number of benzene rings is 2. The van der Waals surface area contributed by atoms with Crippen molar-refractivity contribution in [2.24, 2.45) is 0 Å². The number of sulfonamides is 1. The van der Waals surface area contributed by atoms with Gasteiger partial charge >= 0.3 is 0 Å². The van der Waals surface area contributed by atoms with E-state index in [1.54, 1.807) is 0 Å². The molecule has 3 aromatic rings. The Hall–Kier alpha value is -1.90. The fraction of sp³-hybridized carbons (Fsp3) is 0.235. The number of hydrogen-bond donors (Lipinski definition) is 0. The van der Waals surface area contributed by atoms with Gasteiger partial charge in [0.25, 0.3) is 0 Å². The molecule has 1 atom stereocenters. The van der Waals surface area contributed by atoms with E-state index in [4.69, 9.17) is 0 Å². The second kappa shape index (κ2) is 6.12. The molecule has 1 saturated heterocycles. The van der Waals surface area contributed by atoms with Gasteiger partial charge in [-0.1, -0.05) is 12.1 Å². The average molecular weight is 380 g/mol. The van der Waals surface area contributed by atoms with E-state index in [2.05, 4.69) is 4.98 Å². The summed E-state index contributed by atoms with van der Waals surface area (Å²) in [5.41, 5.74) is 0.809. The van der Waals surface area contributed by atoms with Crippen LogP contribution in [0.3, 0.4) is 0 Å². The number of hydrogen-bond acceptors (Lipinski definition) is 4. The van der Waals surface area contributed by atoms with Crippen LogP contribution in [0, 0.1) is 11.6 Å². The van der Waals surface area contributed by atoms with Crippen molar-refractivity contribution in [3.63, 3.8) is 0 Å². The van der Waals surface area contributed by atoms with E-state index < -0.39 is 32.6 Å². The minimum atomic E-state index is -4.14. The molecule has 1 aliphatic heterocycles. The summed E-state index contributed by atoms with van der Waals surface area (Å²) in [4.78, 5) is 3.91. The molecule has 25 heavy (non-hydrogen) atoms. The first-order valence-corrected chi connectivity index (χ1v) is 10.0. The van der Waals surface area contributed by atoms with Crippen LogP contribution in [0.25, 0.3) is 10.2 Å². The van der Waals surface area contributed by atoms with E-state index in [0.29, 0.717) is 17.8 Å². The van der Waals surface area contributed by atoms with Crippen molar-refractivity contribution in [2.75, 3.05) is 6.54 Å². The van der Waals surface area contributed by atoms with Gasteiger partial charge in [0.2, 0.25) is 10.0 Å². The number of rotatable bonds is 3. The van der Waals surface area contributed by atoms with E-state index >= 15 is 0 Å². The molecule has 1 aliphatic rings. The third kappa shape index (κ3) is 2.84. The largest absolute Gasteiger partial charge is 0.246 e. The molecular weight excluding hydrogens is 366 g/mol. The Kier molecular flexibility index (Phi) is 4.05. The normalized spacial score (nSPS) is 18.9. The maximum absolute atomic E-state index is 14.0. The Bertz CT molecular complexity index is 1020. The summed E-state index contributed by atoms with van der Waals surface area (Å²) in [6.45, 7) is 0.263. The zero-order valence-electron chi connectivity index (χ0n) is 13.0. The molecule has 4 nitrogen and oxygen atoms in total. The first-order valence-electron chi connectivity index (χ1n) is 7.79. The molecule has 0 saturated carbocycles. The van der Waals surface area contributed by atoms with Crippen LogP contribution in [0.15, 0.2) is 47.4 Å². The lowest BCUT2D eigenvalue weighted by atomic mass is 10.2. The van der Waals surface area contributed by atoms with Crippen LogP contribution in [0.1, 0.15) is 23.9 Å². The van der Waals surface area contributed by atoms with Gasteiger partial charge in [0.1, 0.15) is 21.5 Å². The third-order valence-electron chi connectivity index (χ3n) is 4.28. The number of para-hydroxylation sites is 1. The van der Waals surface area contributed by atoms with Gasteiger partial charge in [-0.15, -0.1) is 11.3 Å². The lowest BCUT2D eigenvalue weighted by molar-refractivity contribution is 0.392. The third-order valence-corrected chi connectivity index (χ3v) is 7.34.